The second kappa shape index (κ2) is 4.14. The normalized spacial score (nSPS) is 10.5. The minimum absolute atomic E-state index is 0.138. The number of hydrogen-bond donors (Lipinski definition) is 0. The molecule has 0 saturated heterocycles. The zero-order valence-corrected chi connectivity index (χ0v) is 9.09. The molecule has 82 valence electrons. The molecule has 1 heterocycles. The summed E-state index contributed by atoms with van der Waals surface area (Å²) >= 11 is 5.59. The van der Waals surface area contributed by atoms with Crippen molar-refractivity contribution < 1.29 is 8.78 Å². The highest BCUT2D eigenvalue weighted by Gasteiger charge is 2.10. The highest BCUT2D eigenvalue weighted by atomic mass is 35.5. The Kier molecular flexibility index (Phi) is 2.83. The van der Waals surface area contributed by atoms with E-state index in [1.165, 1.54) is 25.1 Å². The molecule has 5 heteroatoms. The van der Waals surface area contributed by atoms with E-state index in [9.17, 15) is 8.78 Å². The number of nitrogens with zero attached hydrogens (tertiary/aromatic N) is 2. The van der Waals surface area contributed by atoms with E-state index < -0.39 is 11.6 Å². The number of aryl methyl sites for hydroxylation is 1. The minimum atomic E-state index is -0.651. The average molecular weight is 241 g/mol. The van der Waals surface area contributed by atoms with Crippen LogP contribution in [0.5, 0.6) is 0 Å². The molecule has 0 saturated carbocycles. The van der Waals surface area contributed by atoms with Crippen molar-refractivity contribution in [2.45, 2.75) is 6.92 Å². The van der Waals surface area contributed by atoms with Gasteiger partial charge in [-0.1, -0.05) is 23.7 Å². The summed E-state index contributed by atoms with van der Waals surface area (Å²) in [7, 11) is 0. The lowest BCUT2D eigenvalue weighted by atomic mass is 10.2. The van der Waals surface area contributed by atoms with Crippen molar-refractivity contribution in [2.75, 3.05) is 0 Å². The molecule has 0 fully saturated rings. The van der Waals surface area contributed by atoms with E-state index in [0.29, 0.717) is 5.56 Å². The molecule has 0 bridgehead atoms. The van der Waals surface area contributed by atoms with Crippen molar-refractivity contribution in [3.05, 3.63) is 46.7 Å². The van der Waals surface area contributed by atoms with Gasteiger partial charge < -0.3 is 0 Å². The molecule has 16 heavy (non-hydrogen) atoms. The molecule has 0 aliphatic carbocycles. The SMILES string of the molecule is Cc1nc(-c2cccc(F)c2)nc(Cl)c1F. The zero-order chi connectivity index (χ0) is 11.7. The molecule has 0 aliphatic rings. The minimum Gasteiger partial charge on any atom is -0.230 e. The Morgan fingerprint density at radius 3 is 2.56 bits per heavy atom. The molecule has 0 aliphatic heterocycles. The van der Waals surface area contributed by atoms with Crippen LogP contribution in [0.15, 0.2) is 24.3 Å². The van der Waals surface area contributed by atoms with Gasteiger partial charge in [-0.2, -0.15) is 0 Å². The van der Waals surface area contributed by atoms with Gasteiger partial charge in [0.05, 0.1) is 5.69 Å². The third-order valence-electron chi connectivity index (χ3n) is 2.06. The van der Waals surface area contributed by atoms with Crippen molar-refractivity contribution in [1.82, 2.24) is 9.97 Å². The second-order valence-corrected chi connectivity index (χ2v) is 3.61. The van der Waals surface area contributed by atoms with Crippen LogP contribution >= 0.6 is 11.6 Å². The molecule has 1 aromatic heterocycles. The quantitative estimate of drug-likeness (QED) is 0.714. The van der Waals surface area contributed by atoms with Gasteiger partial charge in [0.25, 0.3) is 0 Å². The van der Waals surface area contributed by atoms with Gasteiger partial charge in [0.2, 0.25) is 0 Å². The van der Waals surface area contributed by atoms with E-state index in [4.69, 9.17) is 11.6 Å². The van der Waals surface area contributed by atoms with Gasteiger partial charge in [0.1, 0.15) is 5.82 Å². The summed E-state index contributed by atoms with van der Waals surface area (Å²) in [5, 5.41) is -0.258. The maximum Gasteiger partial charge on any atom is 0.181 e. The van der Waals surface area contributed by atoms with E-state index >= 15 is 0 Å². The Hall–Kier alpha value is -1.55. The summed E-state index contributed by atoms with van der Waals surface area (Å²) in [5.74, 6) is -0.843. The lowest BCUT2D eigenvalue weighted by molar-refractivity contribution is 0.603. The summed E-state index contributed by atoms with van der Waals surface area (Å²) in [6.07, 6.45) is 0. The van der Waals surface area contributed by atoms with Gasteiger partial charge in [-0.3, -0.25) is 0 Å². The van der Waals surface area contributed by atoms with E-state index in [2.05, 4.69) is 9.97 Å². The zero-order valence-electron chi connectivity index (χ0n) is 8.34. The molecule has 0 radical (unpaired) electrons. The molecular weight excluding hydrogens is 234 g/mol. The highest BCUT2D eigenvalue weighted by molar-refractivity contribution is 6.29. The van der Waals surface area contributed by atoms with Crippen molar-refractivity contribution in [3.63, 3.8) is 0 Å². The van der Waals surface area contributed by atoms with Gasteiger partial charge in [-0.15, -0.1) is 0 Å². The van der Waals surface area contributed by atoms with Crippen LogP contribution in [-0.2, 0) is 0 Å². The van der Waals surface area contributed by atoms with Crippen LogP contribution in [0.4, 0.5) is 8.78 Å². The van der Waals surface area contributed by atoms with E-state index in [0.717, 1.165) is 0 Å². The fraction of sp³-hybridized carbons (Fsp3) is 0.0909. The van der Waals surface area contributed by atoms with Gasteiger partial charge in [0, 0.05) is 5.56 Å². The van der Waals surface area contributed by atoms with Crippen LogP contribution in [-0.4, -0.2) is 9.97 Å². The number of hydrogen-bond acceptors (Lipinski definition) is 2. The van der Waals surface area contributed by atoms with Crippen LogP contribution in [0, 0.1) is 18.6 Å². The molecule has 2 aromatic rings. The lowest BCUT2D eigenvalue weighted by Crippen LogP contribution is -1.97. The van der Waals surface area contributed by atoms with Crippen molar-refractivity contribution in [3.8, 4) is 11.4 Å². The van der Waals surface area contributed by atoms with Crippen LogP contribution in [0.1, 0.15) is 5.69 Å². The average Bonchev–Trinajstić information content (AvgIpc) is 2.25. The predicted molar refractivity (Wildman–Crippen MR) is 57.1 cm³/mol. The number of rotatable bonds is 1. The molecular formula is C11H7ClF2N2. The van der Waals surface area contributed by atoms with E-state index in [-0.39, 0.29) is 16.7 Å². The Morgan fingerprint density at radius 1 is 1.19 bits per heavy atom. The smallest absolute Gasteiger partial charge is 0.181 e. The first-order chi connectivity index (χ1) is 7.58. The topological polar surface area (TPSA) is 25.8 Å². The molecule has 0 N–H and O–H groups in total. The molecule has 0 spiro atoms. The van der Waals surface area contributed by atoms with Crippen molar-refractivity contribution in [1.29, 1.82) is 0 Å². The summed E-state index contributed by atoms with van der Waals surface area (Å²) in [6, 6.07) is 5.73. The van der Waals surface area contributed by atoms with Crippen molar-refractivity contribution >= 4 is 11.6 Å². The maximum atomic E-state index is 13.2. The number of halogens is 3. The second-order valence-electron chi connectivity index (χ2n) is 3.25. The molecule has 2 rings (SSSR count). The molecule has 2 nitrogen and oxygen atoms in total. The summed E-state index contributed by atoms with van der Waals surface area (Å²) < 4.78 is 26.1. The van der Waals surface area contributed by atoms with Gasteiger partial charge in [-0.05, 0) is 19.1 Å². The van der Waals surface area contributed by atoms with Crippen LogP contribution in [0.3, 0.4) is 0 Å². The van der Waals surface area contributed by atoms with Crippen LogP contribution in [0.25, 0.3) is 11.4 Å². The Labute approximate surface area is 95.9 Å². The predicted octanol–water partition coefficient (Wildman–Crippen LogP) is 3.38. The maximum absolute atomic E-state index is 13.2. The van der Waals surface area contributed by atoms with Crippen LogP contribution in [0.2, 0.25) is 5.15 Å². The molecule has 0 amide bonds. The summed E-state index contributed by atoms with van der Waals surface area (Å²) in [5.41, 5.74) is 0.601. The Morgan fingerprint density at radius 2 is 1.94 bits per heavy atom. The Bertz CT molecular complexity index is 520. The number of benzene rings is 1. The van der Waals surface area contributed by atoms with Gasteiger partial charge in [0.15, 0.2) is 16.8 Å². The van der Waals surface area contributed by atoms with E-state index in [1.54, 1.807) is 6.07 Å². The van der Waals surface area contributed by atoms with E-state index in [1.807, 2.05) is 0 Å². The first kappa shape index (κ1) is 11.0. The summed E-state index contributed by atoms with van der Waals surface area (Å²) in [6.45, 7) is 1.48. The number of aromatic nitrogens is 2. The third kappa shape index (κ3) is 2.02. The largest absolute Gasteiger partial charge is 0.230 e. The summed E-state index contributed by atoms with van der Waals surface area (Å²) in [4.78, 5) is 7.67. The molecule has 0 atom stereocenters. The van der Waals surface area contributed by atoms with Gasteiger partial charge >= 0.3 is 0 Å². The highest BCUT2D eigenvalue weighted by Crippen LogP contribution is 2.21. The third-order valence-corrected chi connectivity index (χ3v) is 2.31. The molecule has 1 aromatic carbocycles. The lowest BCUT2D eigenvalue weighted by Gasteiger charge is -2.03. The molecule has 0 unspecified atom stereocenters. The fourth-order valence-corrected chi connectivity index (χ4v) is 1.50. The standard InChI is InChI=1S/C11H7ClF2N2/c1-6-9(14)10(12)16-11(15-6)7-3-2-4-8(13)5-7/h2-5H,1H3. The van der Waals surface area contributed by atoms with Crippen LogP contribution < -0.4 is 0 Å². The first-order valence-corrected chi connectivity index (χ1v) is 4.91. The fourth-order valence-electron chi connectivity index (χ4n) is 1.28. The van der Waals surface area contributed by atoms with Crippen molar-refractivity contribution in [2.24, 2.45) is 0 Å². The van der Waals surface area contributed by atoms with Gasteiger partial charge in [-0.25, -0.2) is 18.7 Å². The first-order valence-electron chi connectivity index (χ1n) is 4.53. The monoisotopic (exact) mass is 240 g/mol. The Balaban J connectivity index is 2.57.